The zero-order chi connectivity index (χ0) is 19.9. The van der Waals surface area contributed by atoms with Crippen LogP contribution in [-0.2, 0) is 6.42 Å². The van der Waals surface area contributed by atoms with E-state index in [1.165, 1.54) is 12.1 Å². The van der Waals surface area contributed by atoms with Crippen LogP contribution >= 0.6 is 0 Å². The van der Waals surface area contributed by atoms with Crippen LogP contribution in [0, 0.1) is 24.1 Å². The minimum Gasteiger partial charge on any atom is -0.350 e. The Hall–Kier alpha value is -3.79. The van der Waals surface area contributed by atoms with Gasteiger partial charge in [-0.05, 0) is 37.1 Å². The third-order valence-electron chi connectivity index (χ3n) is 4.02. The summed E-state index contributed by atoms with van der Waals surface area (Å²) >= 11 is 0. The number of halogens is 1. The molecule has 1 amide bonds. The first kappa shape index (κ1) is 19.0. The Morgan fingerprint density at radius 3 is 2.68 bits per heavy atom. The summed E-state index contributed by atoms with van der Waals surface area (Å²) in [4.78, 5) is 20.8. The van der Waals surface area contributed by atoms with Crippen molar-refractivity contribution in [3.63, 3.8) is 0 Å². The molecule has 3 rings (SSSR count). The molecular formula is C21H18FN5O. The first-order valence-electron chi connectivity index (χ1n) is 8.70. The fourth-order valence-electron chi connectivity index (χ4n) is 2.68. The van der Waals surface area contributed by atoms with E-state index in [9.17, 15) is 14.4 Å². The second-order valence-electron chi connectivity index (χ2n) is 6.07. The average Bonchev–Trinajstić information content (AvgIpc) is 2.69. The number of benzene rings is 2. The third kappa shape index (κ3) is 4.68. The number of nitriles is 1. The summed E-state index contributed by atoms with van der Waals surface area (Å²) in [6.07, 6.45) is 0.378. The summed E-state index contributed by atoms with van der Waals surface area (Å²) in [5, 5.41) is 15.0. The molecule has 6 nitrogen and oxygen atoms in total. The van der Waals surface area contributed by atoms with Gasteiger partial charge in [-0.3, -0.25) is 4.79 Å². The van der Waals surface area contributed by atoms with Crippen molar-refractivity contribution < 1.29 is 9.18 Å². The molecule has 0 unspecified atom stereocenters. The summed E-state index contributed by atoms with van der Waals surface area (Å²) in [5.74, 6) is 0.156. The highest BCUT2D eigenvalue weighted by molar-refractivity contribution is 5.93. The number of rotatable bonds is 6. The summed E-state index contributed by atoms with van der Waals surface area (Å²) in [7, 11) is 0. The van der Waals surface area contributed by atoms with E-state index in [2.05, 4.69) is 26.7 Å². The van der Waals surface area contributed by atoms with Gasteiger partial charge in [0.25, 0.3) is 5.91 Å². The van der Waals surface area contributed by atoms with Gasteiger partial charge in [0.2, 0.25) is 0 Å². The van der Waals surface area contributed by atoms with Gasteiger partial charge >= 0.3 is 0 Å². The minimum atomic E-state index is -0.376. The average molecular weight is 375 g/mol. The molecule has 7 heteroatoms. The molecule has 3 aromatic rings. The maximum Gasteiger partial charge on any atom is 0.270 e. The van der Waals surface area contributed by atoms with Crippen LogP contribution in [0.15, 0.2) is 54.6 Å². The normalized spacial score (nSPS) is 10.2. The number of carbonyl (C=O) groups excluding carboxylic acids is 1. The van der Waals surface area contributed by atoms with Gasteiger partial charge in [-0.15, -0.1) is 0 Å². The van der Waals surface area contributed by atoms with Gasteiger partial charge in [-0.1, -0.05) is 30.3 Å². The molecule has 0 aliphatic heterocycles. The maximum absolute atomic E-state index is 13.6. The summed E-state index contributed by atoms with van der Waals surface area (Å²) in [6.45, 7) is 1.96. The number of para-hydroxylation sites is 1. The molecule has 2 N–H and O–H groups in total. The van der Waals surface area contributed by atoms with Crippen molar-refractivity contribution in [2.45, 2.75) is 13.3 Å². The van der Waals surface area contributed by atoms with Crippen LogP contribution in [0.3, 0.4) is 0 Å². The van der Waals surface area contributed by atoms with Crippen molar-refractivity contribution in [3.05, 3.63) is 83.1 Å². The predicted molar refractivity (Wildman–Crippen MR) is 104 cm³/mol. The monoisotopic (exact) mass is 375 g/mol. The van der Waals surface area contributed by atoms with Gasteiger partial charge in [0.1, 0.15) is 29.2 Å². The summed E-state index contributed by atoms with van der Waals surface area (Å²) in [6, 6.07) is 17.1. The number of hydrogen-bond donors (Lipinski definition) is 2. The molecule has 0 saturated heterocycles. The van der Waals surface area contributed by atoms with E-state index < -0.39 is 0 Å². The topological polar surface area (TPSA) is 90.7 Å². The molecule has 0 saturated carbocycles. The summed E-state index contributed by atoms with van der Waals surface area (Å²) < 4.78 is 13.6. The van der Waals surface area contributed by atoms with Crippen molar-refractivity contribution in [3.8, 4) is 6.07 Å². The molecule has 1 aromatic heterocycles. The SMILES string of the molecule is Cc1nc(Nc2ccccc2C#N)cc(C(=O)NCCc2ccccc2F)n1. The first-order chi connectivity index (χ1) is 13.6. The second-order valence-corrected chi connectivity index (χ2v) is 6.07. The van der Waals surface area contributed by atoms with Gasteiger partial charge in [-0.2, -0.15) is 5.26 Å². The highest BCUT2D eigenvalue weighted by Gasteiger charge is 2.12. The van der Waals surface area contributed by atoms with Crippen LogP contribution in [0.4, 0.5) is 15.9 Å². The number of nitrogens with one attached hydrogen (secondary N) is 2. The molecule has 0 fully saturated rings. The number of anilines is 2. The van der Waals surface area contributed by atoms with Crippen molar-refractivity contribution in [1.82, 2.24) is 15.3 Å². The van der Waals surface area contributed by atoms with E-state index in [-0.39, 0.29) is 24.0 Å². The molecule has 0 spiro atoms. The Balaban J connectivity index is 1.69. The molecule has 0 bridgehead atoms. The Bertz CT molecular complexity index is 1040. The highest BCUT2D eigenvalue weighted by atomic mass is 19.1. The minimum absolute atomic E-state index is 0.193. The van der Waals surface area contributed by atoms with E-state index in [1.54, 1.807) is 49.4 Å². The predicted octanol–water partition coefficient (Wildman–Crippen LogP) is 3.51. The zero-order valence-electron chi connectivity index (χ0n) is 15.2. The standard InChI is InChI=1S/C21H18FN5O/c1-14-25-19(21(28)24-11-10-15-6-2-4-8-17(15)22)12-20(26-14)27-18-9-5-3-7-16(18)13-23/h2-9,12H,10-11H2,1H3,(H,24,28)(H,25,26,27). The maximum atomic E-state index is 13.6. The fourth-order valence-corrected chi connectivity index (χ4v) is 2.68. The molecule has 0 aliphatic carbocycles. The Morgan fingerprint density at radius 2 is 1.89 bits per heavy atom. The van der Waals surface area contributed by atoms with Crippen LogP contribution in [0.2, 0.25) is 0 Å². The van der Waals surface area contributed by atoms with Gasteiger partial charge in [0.05, 0.1) is 11.3 Å². The van der Waals surface area contributed by atoms with E-state index in [0.29, 0.717) is 34.9 Å². The largest absolute Gasteiger partial charge is 0.350 e. The molecule has 0 atom stereocenters. The number of aromatic nitrogens is 2. The number of nitrogens with zero attached hydrogens (tertiary/aromatic N) is 3. The second kappa shape index (κ2) is 8.73. The van der Waals surface area contributed by atoms with Crippen molar-refractivity contribution in [2.75, 3.05) is 11.9 Å². The highest BCUT2D eigenvalue weighted by Crippen LogP contribution is 2.19. The quantitative estimate of drug-likeness (QED) is 0.688. The third-order valence-corrected chi connectivity index (χ3v) is 4.02. The molecule has 1 heterocycles. The van der Waals surface area contributed by atoms with Crippen molar-refractivity contribution >= 4 is 17.4 Å². The van der Waals surface area contributed by atoms with Crippen LogP contribution < -0.4 is 10.6 Å². The molecule has 28 heavy (non-hydrogen) atoms. The van der Waals surface area contributed by atoms with E-state index >= 15 is 0 Å². The molecule has 0 radical (unpaired) electrons. The van der Waals surface area contributed by atoms with Crippen molar-refractivity contribution in [1.29, 1.82) is 5.26 Å². The zero-order valence-corrected chi connectivity index (χ0v) is 15.2. The number of hydrogen-bond acceptors (Lipinski definition) is 5. The number of amides is 1. The molecule has 0 aliphatic rings. The van der Waals surface area contributed by atoms with Gasteiger partial charge in [0.15, 0.2) is 0 Å². The Morgan fingerprint density at radius 1 is 1.14 bits per heavy atom. The van der Waals surface area contributed by atoms with Gasteiger partial charge in [0, 0.05) is 12.6 Å². The van der Waals surface area contributed by atoms with Gasteiger partial charge < -0.3 is 10.6 Å². The summed E-state index contributed by atoms with van der Waals surface area (Å²) in [5.41, 5.74) is 1.79. The van der Waals surface area contributed by atoms with Gasteiger partial charge in [-0.25, -0.2) is 14.4 Å². The van der Waals surface area contributed by atoms with Crippen LogP contribution in [0.25, 0.3) is 0 Å². The molecule has 2 aromatic carbocycles. The fraction of sp³-hybridized carbons (Fsp3) is 0.143. The molecule has 140 valence electrons. The number of carbonyl (C=O) groups is 1. The first-order valence-corrected chi connectivity index (χ1v) is 8.70. The molecular weight excluding hydrogens is 357 g/mol. The van der Waals surface area contributed by atoms with Crippen LogP contribution in [-0.4, -0.2) is 22.4 Å². The lowest BCUT2D eigenvalue weighted by molar-refractivity contribution is 0.0948. The van der Waals surface area contributed by atoms with Crippen molar-refractivity contribution in [2.24, 2.45) is 0 Å². The number of aryl methyl sites for hydroxylation is 1. The lowest BCUT2D eigenvalue weighted by Crippen LogP contribution is -2.27. The van der Waals surface area contributed by atoms with E-state index in [4.69, 9.17) is 0 Å². The Labute approximate surface area is 162 Å². The van der Waals surface area contributed by atoms with Crippen LogP contribution in [0.1, 0.15) is 27.4 Å². The smallest absolute Gasteiger partial charge is 0.270 e. The van der Waals surface area contributed by atoms with E-state index in [0.717, 1.165) is 0 Å². The Kier molecular flexibility index (Phi) is 5.92. The lowest BCUT2D eigenvalue weighted by atomic mass is 10.1. The van der Waals surface area contributed by atoms with Crippen LogP contribution in [0.5, 0.6) is 0 Å². The van der Waals surface area contributed by atoms with E-state index in [1.807, 2.05) is 0 Å². The lowest BCUT2D eigenvalue weighted by Gasteiger charge is -2.10.